The van der Waals surface area contributed by atoms with E-state index in [1.807, 2.05) is 12.1 Å². The molecule has 1 aromatic rings. The minimum atomic E-state index is -0.184. The molecule has 0 bridgehead atoms. The minimum absolute atomic E-state index is 0.0597. The average molecular weight is 203 g/mol. The number of hydrogen-bond acceptors (Lipinski definition) is 2. The molecule has 2 nitrogen and oxygen atoms in total. The molecular weight excluding hydrogens is 186 g/mol. The van der Waals surface area contributed by atoms with Crippen molar-refractivity contribution in [3.8, 4) is 6.07 Å². The highest BCUT2D eigenvalue weighted by Gasteiger charge is 2.09. The Morgan fingerprint density at radius 2 is 1.73 bits per heavy atom. The summed E-state index contributed by atoms with van der Waals surface area (Å²) in [5.74, 6) is 0.327. The second-order valence-corrected chi connectivity index (χ2v) is 4.02. The van der Waals surface area contributed by atoms with Crippen LogP contribution in [0.2, 0.25) is 0 Å². The lowest BCUT2D eigenvalue weighted by atomic mass is 9.94. The summed E-state index contributed by atoms with van der Waals surface area (Å²) in [6.45, 7) is 4.35. The standard InChI is InChI=1S/C13H17NO/c1-10(2)11-3-5-12(6-4-11)13(9-14)7-8-15/h3-6,10,13,15H,7-8H2,1-2H3. The molecule has 0 aliphatic rings. The van der Waals surface area contributed by atoms with Crippen LogP contribution in [0.25, 0.3) is 0 Å². The zero-order valence-corrected chi connectivity index (χ0v) is 9.27. The molecule has 1 atom stereocenters. The van der Waals surface area contributed by atoms with Crippen molar-refractivity contribution in [3.63, 3.8) is 0 Å². The van der Waals surface area contributed by atoms with E-state index >= 15 is 0 Å². The van der Waals surface area contributed by atoms with E-state index in [0.29, 0.717) is 12.3 Å². The predicted octanol–water partition coefficient (Wildman–Crippen LogP) is 2.80. The molecule has 0 radical (unpaired) electrons. The highest BCUT2D eigenvalue weighted by Crippen LogP contribution is 2.21. The van der Waals surface area contributed by atoms with Crippen molar-refractivity contribution in [3.05, 3.63) is 35.4 Å². The third-order valence-corrected chi connectivity index (χ3v) is 2.58. The SMILES string of the molecule is CC(C)c1ccc(C(C#N)CCO)cc1. The van der Waals surface area contributed by atoms with Crippen LogP contribution < -0.4 is 0 Å². The van der Waals surface area contributed by atoms with E-state index in [-0.39, 0.29) is 12.5 Å². The maximum atomic E-state index is 8.93. The Bertz CT molecular complexity index is 335. The number of hydrogen-bond donors (Lipinski definition) is 1. The van der Waals surface area contributed by atoms with Gasteiger partial charge in [0.15, 0.2) is 0 Å². The first-order valence-corrected chi connectivity index (χ1v) is 5.29. The van der Waals surface area contributed by atoms with E-state index in [1.54, 1.807) is 0 Å². The van der Waals surface area contributed by atoms with Crippen molar-refractivity contribution < 1.29 is 5.11 Å². The Morgan fingerprint density at radius 1 is 1.20 bits per heavy atom. The monoisotopic (exact) mass is 203 g/mol. The molecule has 1 rings (SSSR count). The number of nitriles is 1. The van der Waals surface area contributed by atoms with E-state index in [1.165, 1.54) is 5.56 Å². The van der Waals surface area contributed by atoms with Gasteiger partial charge in [0.1, 0.15) is 0 Å². The van der Waals surface area contributed by atoms with Gasteiger partial charge in [-0.15, -0.1) is 0 Å². The maximum absolute atomic E-state index is 8.93. The van der Waals surface area contributed by atoms with Gasteiger partial charge in [-0.25, -0.2) is 0 Å². The fourth-order valence-electron chi connectivity index (χ4n) is 1.55. The van der Waals surface area contributed by atoms with Crippen LogP contribution in [-0.2, 0) is 0 Å². The normalized spacial score (nSPS) is 12.5. The van der Waals surface area contributed by atoms with Gasteiger partial charge >= 0.3 is 0 Å². The first kappa shape index (κ1) is 11.7. The molecule has 0 fully saturated rings. The molecule has 1 N–H and O–H groups in total. The molecule has 0 amide bonds. The lowest BCUT2D eigenvalue weighted by molar-refractivity contribution is 0.283. The fourth-order valence-corrected chi connectivity index (χ4v) is 1.55. The Kier molecular flexibility index (Phi) is 4.33. The summed E-state index contributed by atoms with van der Waals surface area (Å²) in [5, 5.41) is 17.7. The van der Waals surface area contributed by atoms with Crippen LogP contribution in [-0.4, -0.2) is 11.7 Å². The topological polar surface area (TPSA) is 44.0 Å². The highest BCUT2D eigenvalue weighted by atomic mass is 16.3. The number of aliphatic hydroxyl groups is 1. The quantitative estimate of drug-likeness (QED) is 0.817. The zero-order valence-electron chi connectivity index (χ0n) is 9.27. The second kappa shape index (κ2) is 5.53. The minimum Gasteiger partial charge on any atom is -0.396 e. The predicted molar refractivity (Wildman–Crippen MR) is 60.6 cm³/mol. The van der Waals surface area contributed by atoms with Crippen molar-refractivity contribution in [2.45, 2.75) is 32.1 Å². The van der Waals surface area contributed by atoms with Crippen LogP contribution in [0.1, 0.15) is 43.2 Å². The summed E-state index contributed by atoms with van der Waals surface area (Å²) in [7, 11) is 0. The van der Waals surface area contributed by atoms with Crippen molar-refractivity contribution in [2.75, 3.05) is 6.61 Å². The summed E-state index contributed by atoms with van der Waals surface area (Å²) < 4.78 is 0. The van der Waals surface area contributed by atoms with Gasteiger partial charge in [0, 0.05) is 6.61 Å². The van der Waals surface area contributed by atoms with Gasteiger partial charge in [0.2, 0.25) is 0 Å². The Labute approximate surface area is 91.2 Å². The van der Waals surface area contributed by atoms with Crippen molar-refractivity contribution in [1.82, 2.24) is 0 Å². The van der Waals surface area contributed by atoms with Gasteiger partial charge in [-0.3, -0.25) is 0 Å². The maximum Gasteiger partial charge on any atom is 0.0734 e. The molecule has 0 saturated heterocycles. The highest BCUT2D eigenvalue weighted by molar-refractivity contribution is 5.30. The molecule has 0 heterocycles. The molecule has 15 heavy (non-hydrogen) atoms. The molecule has 0 saturated carbocycles. The van der Waals surface area contributed by atoms with Gasteiger partial charge in [-0.2, -0.15) is 5.26 Å². The molecule has 80 valence electrons. The van der Waals surface area contributed by atoms with Gasteiger partial charge in [0.25, 0.3) is 0 Å². The van der Waals surface area contributed by atoms with Gasteiger partial charge < -0.3 is 5.11 Å². The third-order valence-electron chi connectivity index (χ3n) is 2.58. The second-order valence-electron chi connectivity index (χ2n) is 4.02. The van der Waals surface area contributed by atoms with Crippen LogP contribution in [0.15, 0.2) is 24.3 Å². The molecule has 1 aromatic carbocycles. The molecule has 0 aliphatic carbocycles. The van der Waals surface area contributed by atoms with E-state index < -0.39 is 0 Å². The number of rotatable bonds is 4. The molecular formula is C13H17NO. The van der Waals surface area contributed by atoms with Gasteiger partial charge in [-0.1, -0.05) is 38.1 Å². The lowest BCUT2D eigenvalue weighted by Crippen LogP contribution is -1.99. The fraction of sp³-hybridized carbons (Fsp3) is 0.462. The average Bonchev–Trinajstić information content (AvgIpc) is 2.26. The largest absolute Gasteiger partial charge is 0.396 e. The van der Waals surface area contributed by atoms with E-state index in [9.17, 15) is 0 Å². The first-order chi connectivity index (χ1) is 7.19. The number of nitrogens with zero attached hydrogens (tertiary/aromatic N) is 1. The lowest BCUT2D eigenvalue weighted by Gasteiger charge is -2.10. The molecule has 0 aromatic heterocycles. The van der Waals surface area contributed by atoms with Crippen LogP contribution in [0, 0.1) is 11.3 Å². The van der Waals surface area contributed by atoms with Crippen molar-refractivity contribution in [1.29, 1.82) is 5.26 Å². The van der Waals surface area contributed by atoms with E-state index in [4.69, 9.17) is 10.4 Å². The summed E-state index contributed by atoms with van der Waals surface area (Å²) in [6, 6.07) is 10.3. The Morgan fingerprint density at radius 3 is 2.13 bits per heavy atom. The number of benzene rings is 1. The van der Waals surface area contributed by atoms with Crippen LogP contribution in [0.3, 0.4) is 0 Å². The first-order valence-electron chi connectivity index (χ1n) is 5.29. The van der Waals surface area contributed by atoms with Crippen molar-refractivity contribution >= 4 is 0 Å². The Hall–Kier alpha value is -1.33. The molecule has 0 aliphatic heterocycles. The zero-order chi connectivity index (χ0) is 11.3. The summed E-state index contributed by atoms with van der Waals surface area (Å²) in [4.78, 5) is 0. The van der Waals surface area contributed by atoms with Crippen LogP contribution in [0.4, 0.5) is 0 Å². The smallest absolute Gasteiger partial charge is 0.0734 e. The van der Waals surface area contributed by atoms with E-state index in [0.717, 1.165) is 5.56 Å². The molecule has 1 unspecified atom stereocenters. The Balaban J connectivity index is 2.83. The molecule has 2 heteroatoms. The van der Waals surface area contributed by atoms with Gasteiger partial charge in [-0.05, 0) is 23.5 Å². The van der Waals surface area contributed by atoms with E-state index in [2.05, 4.69) is 32.0 Å². The number of aliphatic hydroxyl groups excluding tert-OH is 1. The summed E-state index contributed by atoms with van der Waals surface area (Å²) in [5.41, 5.74) is 2.27. The van der Waals surface area contributed by atoms with Crippen LogP contribution in [0.5, 0.6) is 0 Å². The third kappa shape index (κ3) is 3.07. The molecule has 0 spiro atoms. The van der Waals surface area contributed by atoms with Crippen LogP contribution >= 0.6 is 0 Å². The summed E-state index contributed by atoms with van der Waals surface area (Å²) in [6.07, 6.45) is 0.511. The van der Waals surface area contributed by atoms with Gasteiger partial charge in [0.05, 0.1) is 12.0 Å². The van der Waals surface area contributed by atoms with Crippen molar-refractivity contribution in [2.24, 2.45) is 0 Å². The summed E-state index contributed by atoms with van der Waals surface area (Å²) >= 11 is 0.